The van der Waals surface area contributed by atoms with E-state index in [0.717, 1.165) is 21.4 Å². The van der Waals surface area contributed by atoms with Crippen molar-refractivity contribution in [1.82, 2.24) is 9.29 Å². The molecule has 0 aliphatic carbocycles. The van der Waals surface area contributed by atoms with Gasteiger partial charge in [0.05, 0.1) is 20.0 Å². The highest BCUT2D eigenvalue weighted by atomic mass is 35.5. The van der Waals surface area contributed by atoms with Gasteiger partial charge in [0, 0.05) is 37.3 Å². The normalized spacial score (nSPS) is 15.7. The number of nitrogens with zero attached hydrogens (tertiary/aromatic N) is 4. The van der Waals surface area contributed by atoms with E-state index in [1.165, 1.54) is 27.8 Å². The van der Waals surface area contributed by atoms with Crippen LogP contribution < -0.4 is 4.90 Å². The molecule has 0 radical (unpaired) electrons. The van der Waals surface area contributed by atoms with Crippen molar-refractivity contribution in [2.45, 2.75) is 4.90 Å². The van der Waals surface area contributed by atoms with Crippen molar-refractivity contribution < 1.29 is 13.3 Å². The SMILES string of the molecule is O=[N+]([O-])c1cc(S(=O)(=O)N2CCN(c3nc4ccc(Cl)cc4s3)CC2)ccc1Cl. The van der Waals surface area contributed by atoms with E-state index in [0.29, 0.717) is 18.1 Å². The molecule has 2 heterocycles. The van der Waals surface area contributed by atoms with Crippen LogP contribution >= 0.6 is 34.5 Å². The maximum Gasteiger partial charge on any atom is 0.289 e. The monoisotopic (exact) mass is 472 g/mol. The Labute approximate surface area is 180 Å². The van der Waals surface area contributed by atoms with Crippen molar-refractivity contribution in [2.75, 3.05) is 31.1 Å². The first-order valence-corrected chi connectivity index (χ1v) is 11.5. The molecule has 152 valence electrons. The lowest BCUT2D eigenvalue weighted by Crippen LogP contribution is -2.48. The van der Waals surface area contributed by atoms with Gasteiger partial charge < -0.3 is 4.90 Å². The predicted molar refractivity (Wildman–Crippen MR) is 114 cm³/mol. The molecule has 1 aromatic heterocycles. The Bertz CT molecular complexity index is 1210. The number of benzene rings is 2. The third-order valence-corrected chi connectivity index (χ3v) is 8.13. The summed E-state index contributed by atoms with van der Waals surface area (Å²) in [6.07, 6.45) is 0. The van der Waals surface area contributed by atoms with Crippen LogP contribution in [0.3, 0.4) is 0 Å². The Hall–Kier alpha value is -1.98. The molecule has 29 heavy (non-hydrogen) atoms. The number of halogens is 2. The Balaban J connectivity index is 1.52. The molecular formula is C17H14Cl2N4O4S2. The lowest BCUT2D eigenvalue weighted by molar-refractivity contribution is -0.384. The number of piperazine rings is 1. The van der Waals surface area contributed by atoms with Gasteiger partial charge in [-0.1, -0.05) is 34.5 Å². The molecule has 2 aromatic carbocycles. The quantitative estimate of drug-likeness (QED) is 0.420. The van der Waals surface area contributed by atoms with E-state index in [1.807, 2.05) is 17.0 Å². The Morgan fingerprint density at radius 1 is 1.07 bits per heavy atom. The summed E-state index contributed by atoms with van der Waals surface area (Å²) in [5, 5.41) is 12.4. The van der Waals surface area contributed by atoms with E-state index in [1.54, 1.807) is 6.07 Å². The minimum absolute atomic E-state index is 0.102. The van der Waals surface area contributed by atoms with Crippen LogP contribution in [-0.2, 0) is 10.0 Å². The van der Waals surface area contributed by atoms with Gasteiger partial charge in [-0.05, 0) is 30.3 Å². The molecule has 4 rings (SSSR count). The van der Waals surface area contributed by atoms with Crippen LogP contribution in [0.15, 0.2) is 41.3 Å². The van der Waals surface area contributed by atoms with Crippen molar-refractivity contribution in [1.29, 1.82) is 0 Å². The van der Waals surface area contributed by atoms with Gasteiger partial charge in [-0.3, -0.25) is 10.1 Å². The summed E-state index contributed by atoms with van der Waals surface area (Å²) in [5.74, 6) is 0. The number of nitro groups is 1. The summed E-state index contributed by atoms with van der Waals surface area (Å²) < 4.78 is 28.1. The van der Waals surface area contributed by atoms with Gasteiger partial charge in [0.15, 0.2) is 5.13 Å². The van der Waals surface area contributed by atoms with E-state index in [9.17, 15) is 18.5 Å². The van der Waals surface area contributed by atoms with Gasteiger partial charge in [-0.15, -0.1) is 0 Å². The molecule has 1 aliphatic rings. The fourth-order valence-corrected chi connectivity index (χ4v) is 6.01. The average molecular weight is 473 g/mol. The van der Waals surface area contributed by atoms with Crippen LogP contribution in [0.5, 0.6) is 0 Å². The first kappa shape index (κ1) is 20.3. The van der Waals surface area contributed by atoms with E-state index in [2.05, 4.69) is 4.98 Å². The van der Waals surface area contributed by atoms with Crippen molar-refractivity contribution in [3.05, 3.63) is 56.6 Å². The van der Waals surface area contributed by atoms with Crippen LogP contribution in [0.4, 0.5) is 10.8 Å². The topological polar surface area (TPSA) is 96.6 Å². The fourth-order valence-electron chi connectivity index (χ4n) is 3.08. The number of anilines is 1. The van der Waals surface area contributed by atoms with Crippen molar-refractivity contribution >= 4 is 65.6 Å². The molecule has 0 spiro atoms. The van der Waals surface area contributed by atoms with E-state index in [4.69, 9.17) is 23.2 Å². The molecule has 1 fully saturated rings. The van der Waals surface area contributed by atoms with Crippen LogP contribution in [0, 0.1) is 10.1 Å². The summed E-state index contributed by atoms with van der Waals surface area (Å²) >= 11 is 13.3. The Morgan fingerprint density at radius 3 is 2.48 bits per heavy atom. The summed E-state index contributed by atoms with van der Waals surface area (Å²) in [5.41, 5.74) is 0.414. The number of rotatable bonds is 4. The van der Waals surface area contributed by atoms with Gasteiger partial charge in [0.2, 0.25) is 10.0 Å². The minimum Gasteiger partial charge on any atom is -0.345 e. The number of nitro benzene ring substituents is 1. The molecule has 0 atom stereocenters. The molecule has 0 saturated carbocycles. The third-order valence-electron chi connectivity index (χ3n) is 4.60. The first-order chi connectivity index (χ1) is 13.8. The van der Waals surface area contributed by atoms with Crippen molar-refractivity contribution in [3.63, 3.8) is 0 Å². The molecule has 0 unspecified atom stereocenters. The first-order valence-electron chi connectivity index (χ1n) is 8.51. The smallest absolute Gasteiger partial charge is 0.289 e. The van der Waals surface area contributed by atoms with Crippen LogP contribution in [0.1, 0.15) is 0 Å². The zero-order valence-electron chi connectivity index (χ0n) is 14.8. The average Bonchev–Trinajstić information content (AvgIpc) is 3.11. The molecule has 12 heteroatoms. The second-order valence-corrected chi connectivity index (χ2v) is 10.2. The molecular weight excluding hydrogens is 459 g/mol. The maximum atomic E-state index is 12.9. The number of sulfonamides is 1. The Morgan fingerprint density at radius 2 is 1.79 bits per heavy atom. The summed E-state index contributed by atoms with van der Waals surface area (Å²) in [7, 11) is -3.86. The Kier molecular flexibility index (Phi) is 5.38. The highest BCUT2D eigenvalue weighted by Crippen LogP contribution is 2.32. The maximum absolute atomic E-state index is 12.9. The minimum atomic E-state index is -3.86. The highest BCUT2D eigenvalue weighted by Gasteiger charge is 2.31. The van der Waals surface area contributed by atoms with Gasteiger partial charge in [-0.2, -0.15) is 4.31 Å². The van der Waals surface area contributed by atoms with E-state index in [-0.39, 0.29) is 23.0 Å². The zero-order chi connectivity index (χ0) is 20.8. The van der Waals surface area contributed by atoms with Gasteiger partial charge in [-0.25, -0.2) is 13.4 Å². The molecule has 3 aromatic rings. The molecule has 0 N–H and O–H groups in total. The molecule has 1 aliphatic heterocycles. The number of fused-ring (bicyclic) bond motifs is 1. The zero-order valence-corrected chi connectivity index (χ0v) is 17.9. The van der Waals surface area contributed by atoms with Crippen LogP contribution in [-0.4, -0.2) is 48.8 Å². The predicted octanol–water partition coefficient (Wildman–Crippen LogP) is 4.02. The number of thiazole rings is 1. The van der Waals surface area contributed by atoms with Crippen molar-refractivity contribution in [2.24, 2.45) is 0 Å². The van der Waals surface area contributed by atoms with Crippen LogP contribution in [0.2, 0.25) is 10.0 Å². The number of aromatic nitrogens is 1. The van der Waals surface area contributed by atoms with Crippen molar-refractivity contribution in [3.8, 4) is 0 Å². The van der Waals surface area contributed by atoms with E-state index >= 15 is 0 Å². The van der Waals surface area contributed by atoms with Gasteiger partial charge in [0.25, 0.3) is 5.69 Å². The second-order valence-electron chi connectivity index (χ2n) is 6.37. The van der Waals surface area contributed by atoms with E-state index < -0.39 is 20.6 Å². The lowest BCUT2D eigenvalue weighted by atomic mass is 10.3. The summed E-state index contributed by atoms with van der Waals surface area (Å²) in [6, 6.07) is 9.01. The third kappa shape index (κ3) is 3.90. The summed E-state index contributed by atoms with van der Waals surface area (Å²) in [6.45, 7) is 1.41. The molecule has 8 nitrogen and oxygen atoms in total. The largest absolute Gasteiger partial charge is 0.345 e. The lowest BCUT2D eigenvalue weighted by Gasteiger charge is -2.33. The summed E-state index contributed by atoms with van der Waals surface area (Å²) in [4.78, 5) is 16.8. The molecule has 0 bridgehead atoms. The molecule has 0 amide bonds. The fraction of sp³-hybridized carbons (Fsp3) is 0.235. The standard InChI is InChI=1S/C17H14Cl2N4O4S2/c18-11-1-4-14-16(9-11)28-17(20-14)21-5-7-22(8-6-21)29(26,27)12-2-3-13(19)15(10-12)23(24)25/h1-4,9-10H,5-8H2. The van der Waals surface area contributed by atoms with Gasteiger partial charge >= 0.3 is 0 Å². The van der Waals surface area contributed by atoms with Crippen LogP contribution in [0.25, 0.3) is 10.2 Å². The number of hydrogen-bond acceptors (Lipinski definition) is 7. The molecule has 1 saturated heterocycles. The number of hydrogen-bond donors (Lipinski definition) is 0. The highest BCUT2D eigenvalue weighted by molar-refractivity contribution is 7.89. The second kappa shape index (κ2) is 7.69. The van der Waals surface area contributed by atoms with Gasteiger partial charge in [0.1, 0.15) is 5.02 Å².